The number of hydrogen-bond acceptors (Lipinski definition) is 8. The summed E-state index contributed by atoms with van der Waals surface area (Å²) in [5.74, 6) is -0.542. The lowest BCUT2D eigenvalue weighted by molar-refractivity contribution is -0.0494. The van der Waals surface area contributed by atoms with E-state index in [2.05, 4.69) is 25.2 Å². The molecule has 0 aliphatic carbocycles. The van der Waals surface area contributed by atoms with Gasteiger partial charge in [-0.25, -0.2) is 14.5 Å². The van der Waals surface area contributed by atoms with Crippen LogP contribution in [0, 0.1) is 0 Å². The highest BCUT2D eigenvalue weighted by Crippen LogP contribution is 2.43. The van der Waals surface area contributed by atoms with Gasteiger partial charge in [-0.1, -0.05) is 22.9 Å². The largest absolute Gasteiger partial charge is 0.434 e. The number of nitrogens with one attached hydrogen (secondary N) is 1. The summed E-state index contributed by atoms with van der Waals surface area (Å²) < 4.78 is 32.5. The number of anilines is 2. The number of piperazine rings is 1. The Morgan fingerprint density at radius 3 is 2.83 bits per heavy atom. The lowest BCUT2D eigenvalue weighted by Crippen LogP contribution is -2.44. The first-order valence-corrected chi connectivity index (χ1v) is 11.9. The highest BCUT2D eigenvalue weighted by molar-refractivity contribution is 7.20. The van der Waals surface area contributed by atoms with Crippen LogP contribution in [-0.2, 0) is 0 Å². The van der Waals surface area contributed by atoms with E-state index in [4.69, 9.17) is 21.3 Å². The molecule has 0 unspecified atom stereocenters. The van der Waals surface area contributed by atoms with Gasteiger partial charge in [0.1, 0.15) is 22.0 Å². The van der Waals surface area contributed by atoms with Crippen molar-refractivity contribution in [3.8, 4) is 17.0 Å². The van der Waals surface area contributed by atoms with Crippen LogP contribution in [0.5, 0.6) is 5.75 Å². The molecular weight excluding hydrogens is 500 g/mol. The van der Waals surface area contributed by atoms with E-state index < -0.39 is 12.5 Å². The molecule has 1 fully saturated rings. The number of alkyl halides is 2. The van der Waals surface area contributed by atoms with Crippen molar-refractivity contribution in [2.75, 3.05) is 43.4 Å². The molecule has 4 heterocycles. The molecule has 1 aromatic carbocycles. The molecule has 182 valence electrons. The molecule has 13 heteroatoms. The van der Waals surface area contributed by atoms with Gasteiger partial charge in [-0.2, -0.15) is 13.9 Å². The quantitative estimate of drug-likeness (QED) is 0.410. The van der Waals surface area contributed by atoms with Crippen molar-refractivity contribution >= 4 is 44.6 Å². The molecule has 1 N–H and O–H groups in total. The number of benzene rings is 1. The predicted octanol–water partition coefficient (Wildman–Crippen LogP) is 4.11. The van der Waals surface area contributed by atoms with Crippen LogP contribution < -0.4 is 15.0 Å². The van der Waals surface area contributed by atoms with Crippen LogP contribution in [-0.4, -0.2) is 70.2 Å². The van der Waals surface area contributed by atoms with Crippen molar-refractivity contribution in [2.45, 2.75) is 6.61 Å². The molecular formula is C22H20ClF2N7O2S. The summed E-state index contributed by atoms with van der Waals surface area (Å²) in [6, 6.07) is 6.02. The van der Waals surface area contributed by atoms with Crippen molar-refractivity contribution in [2.24, 2.45) is 0 Å². The summed E-state index contributed by atoms with van der Waals surface area (Å²) in [5.41, 5.74) is 1.20. The van der Waals surface area contributed by atoms with Gasteiger partial charge >= 0.3 is 6.61 Å². The maximum atomic E-state index is 13.2. The Labute approximate surface area is 207 Å². The average Bonchev–Trinajstić information content (AvgIpc) is 3.45. The van der Waals surface area contributed by atoms with Crippen LogP contribution in [0.15, 0.2) is 42.9 Å². The SMILES string of the molecule is CN1CCN(c2nc(-c3cc(Cl)ccc3OC(F)F)c(NC(=O)c3cnn4cccnc34)s2)CC1. The molecule has 0 spiro atoms. The Hall–Kier alpha value is -3.35. The minimum absolute atomic E-state index is 0.0900. The van der Waals surface area contributed by atoms with Crippen LogP contribution in [0.2, 0.25) is 5.02 Å². The molecule has 0 bridgehead atoms. The fourth-order valence-corrected chi connectivity index (χ4v) is 4.95. The third kappa shape index (κ3) is 4.90. The third-order valence-corrected chi connectivity index (χ3v) is 6.82. The van der Waals surface area contributed by atoms with E-state index in [9.17, 15) is 13.6 Å². The van der Waals surface area contributed by atoms with Crippen LogP contribution >= 0.6 is 22.9 Å². The van der Waals surface area contributed by atoms with Gasteiger partial charge in [0.2, 0.25) is 0 Å². The summed E-state index contributed by atoms with van der Waals surface area (Å²) in [6.07, 6.45) is 4.67. The van der Waals surface area contributed by atoms with Crippen LogP contribution in [0.25, 0.3) is 16.9 Å². The van der Waals surface area contributed by atoms with Gasteiger partial charge < -0.3 is 19.9 Å². The zero-order valence-corrected chi connectivity index (χ0v) is 20.1. The van der Waals surface area contributed by atoms with Gasteiger partial charge in [0.05, 0.1) is 6.20 Å². The van der Waals surface area contributed by atoms with Crippen molar-refractivity contribution in [1.29, 1.82) is 0 Å². The summed E-state index contributed by atoms with van der Waals surface area (Å²) in [4.78, 5) is 26.5. The number of hydrogen-bond donors (Lipinski definition) is 1. The molecule has 9 nitrogen and oxygen atoms in total. The van der Waals surface area contributed by atoms with Gasteiger partial charge in [-0.05, 0) is 31.3 Å². The second kappa shape index (κ2) is 9.72. The maximum Gasteiger partial charge on any atom is 0.387 e. The number of carbonyl (C=O) groups excluding carboxylic acids is 1. The third-order valence-electron chi connectivity index (χ3n) is 5.55. The Morgan fingerprint density at radius 2 is 2.06 bits per heavy atom. The summed E-state index contributed by atoms with van der Waals surface area (Å²) in [5, 5.41) is 8.38. The van der Waals surface area contributed by atoms with Gasteiger partial charge in [0.25, 0.3) is 5.91 Å². The first-order valence-electron chi connectivity index (χ1n) is 10.7. The number of aromatic nitrogens is 4. The van der Waals surface area contributed by atoms with Crippen molar-refractivity contribution in [1.82, 2.24) is 24.5 Å². The first kappa shape index (κ1) is 23.4. The monoisotopic (exact) mass is 519 g/mol. The second-order valence-electron chi connectivity index (χ2n) is 7.88. The Bertz CT molecular complexity index is 1370. The molecule has 1 amide bonds. The number of thiazole rings is 1. The molecule has 0 atom stereocenters. The number of halogens is 3. The number of rotatable bonds is 6. The van der Waals surface area contributed by atoms with Crippen molar-refractivity contribution in [3.05, 3.63) is 53.4 Å². The summed E-state index contributed by atoms with van der Waals surface area (Å²) >= 11 is 7.45. The van der Waals surface area contributed by atoms with Gasteiger partial charge in [-0.3, -0.25) is 4.79 Å². The molecule has 1 aliphatic rings. The van der Waals surface area contributed by atoms with E-state index in [-0.39, 0.29) is 16.9 Å². The molecule has 4 aromatic rings. The fraction of sp³-hybridized carbons (Fsp3) is 0.273. The Morgan fingerprint density at radius 1 is 1.26 bits per heavy atom. The molecule has 35 heavy (non-hydrogen) atoms. The summed E-state index contributed by atoms with van der Waals surface area (Å²) in [6.45, 7) is 0.145. The fourth-order valence-electron chi connectivity index (χ4n) is 3.75. The van der Waals surface area contributed by atoms with Crippen molar-refractivity contribution in [3.63, 3.8) is 0 Å². The van der Waals surface area contributed by atoms with Gasteiger partial charge in [-0.15, -0.1) is 0 Å². The van der Waals surface area contributed by atoms with E-state index in [0.717, 1.165) is 26.2 Å². The van der Waals surface area contributed by atoms with E-state index in [1.165, 1.54) is 40.2 Å². The first-order chi connectivity index (χ1) is 16.9. The number of nitrogens with zero attached hydrogens (tertiary/aromatic N) is 6. The molecule has 0 radical (unpaired) electrons. The molecule has 1 aliphatic heterocycles. The lowest BCUT2D eigenvalue weighted by Gasteiger charge is -2.32. The Kier molecular flexibility index (Phi) is 6.50. The Balaban J connectivity index is 1.56. The van der Waals surface area contributed by atoms with Crippen LogP contribution in [0.4, 0.5) is 18.9 Å². The van der Waals surface area contributed by atoms with E-state index >= 15 is 0 Å². The molecule has 0 saturated carbocycles. The highest BCUT2D eigenvalue weighted by Gasteiger charge is 2.25. The minimum atomic E-state index is -3.03. The zero-order chi connectivity index (χ0) is 24.5. The normalized spacial score (nSPS) is 14.6. The number of fused-ring (bicyclic) bond motifs is 1. The van der Waals surface area contributed by atoms with Gasteiger partial charge in [0, 0.05) is 49.2 Å². The maximum absolute atomic E-state index is 13.2. The zero-order valence-electron chi connectivity index (χ0n) is 18.5. The van der Waals surface area contributed by atoms with Crippen LogP contribution in [0.3, 0.4) is 0 Å². The van der Waals surface area contributed by atoms with E-state index in [0.29, 0.717) is 26.5 Å². The topological polar surface area (TPSA) is 87.9 Å². The van der Waals surface area contributed by atoms with Crippen LogP contribution in [0.1, 0.15) is 10.4 Å². The highest BCUT2D eigenvalue weighted by atomic mass is 35.5. The average molecular weight is 520 g/mol. The van der Waals surface area contributed by atoms with Gasteiger partial charge in [0.15, 0.2) is 10.8 Å². The molecule has 3 aromatic heterocycles. The summed E-state index contributed by atoms with van der Waals surface area (Å²) in [7, 11) is 2.04. The minimum Gasteiger partial charge on any atom is -0.434 e. The predicted molar refractivity (Wildman–Crippen MR) is 130 cm³/mol. The van der Waals surface area contributed by atoms with E-state index in [1.807, 2.05) is 7.05 Å². The molecule has 5 rings (SSSR count). The van der Waals surface area contributed by atoms with E-state index in [1.54, 1.807) is 18.5 Å². The smallest absolute Gasteiger partial charge is 0.387 e. The second-order valence-corrected chi connectivity index (χ2v) is 9.30. The number of amides is 1. The van der Waals surface area contributed by atoms with Crippen molar-refractivity contribution < 1.29 is 18.3 Å². The lowest BCUT2D eigenvalue weighted by atomic mass is 10.1. The number of carbonyl (C=O) groups is 1. The standard InChI is InChI=1S/C22H20ClF2N7O2S/c1-30-7-9-31(10-8-30)22-28-17(14-11-13(23)3-4-16(14)34-21(24)25)20(35-22)29-19(33)15-12-27-32-6-2-5-26-18(15)32/h2-6,11-12,21H,7-10H2,1H3,(H,29,33). The molecule has 1 saturated heterocycles. The number of ether oxygens (including phenoxy) is 1. The number of likely N-dealkylation sites (N-methyl/N-ethyl adjacent to an activating group) is 1.